The van der Waals surface area contributed by atoms with E-state index in [1.165, 1.54) is 49.7 Å². The van der Waals surface area contributed by atoms with Crippen molar-refractivity contribution in [3.63, 3.8) is 0 Å². The summed E-state index contributed by atoms with van der Waals surface area (Å²) < 4.78 is 0. The first-order valence-electron chi connectivity index (χ1n) is 9.37. The molecule has 2 aliphatic carbocycles. The molecule has 2 atom stereocenters. The van der Waals surface area contributed by atoms with Gasteiger partial charge in [-0.05, 0) is 78.9 Å². The van der Waals surface area contributed by atoms with Crippen LogP contribution in [0.3, 0.4) is 0 Å². The van der Waals surface area contributed by atoms with Crippen molar-refractivity contribution in [2.75, 3.05) is 0 Å². The van der Waals surface area contributed by atoms with E-state index in [0.29, 0.717) is 11.3 Å². The maximum absolute atomic E-state index is 4.30. The van der Waals surface area contributed by atoms with Crippen molar-refractivity contribution < 1.29 is 1.43 Å². The molecular weight excluding hydrogens is 288 g/mol. The van der Waals surface area contributed by atoms with Crippen LogP contribution in [-0.4, -0.2) is 0 Å². The van der Waals surface area contributed by atoms with E-state index in [4.69, 9.17) is 0 Å². The Labute approximate surface area is 149 Å². The minimum Gasteiger partial charge on any atom is -0.125 e. The number of hydrogen-bond acceptors (Lipinski definition) is 0. The Bertz CT molecular complexity index is 669. The maximum Gasteiger partial charge on any atom is 0 e. The van der Waals surface area contributed by atoms with E-state index in [-0.39, 0.29) is 1.43 Å². The van der Waals surface area contributed by atoms with Crippen molar-refractivity contribution in [2.24, 2.45) is 11.8 Å². The van der Waals surface area contributed by atoms with Gasteiger partial charge in [-0.3, -0.25) is 0 Å². The van der Waals surface area contributed by atoms with Crippen LogP contribution >= 0.6 is 0 Å². The summed E-state index contributed by atoms with van der Waals surface area (Å²) in [6, 6.07) is 9.38. The average molecular weight is 321 g/mol. The quantitative estimate of drug-likeness (QED) is 0.295. The van der Waals surface area contributed by atoms with Crippen LogP contribution in [-0.2, 0) is 11.8 Å². The standard InChI is InChI=1S/C24H30.H2/c1-5-21(6-2)19(4)16-20-10-12-23(13-11-20)24(14-15-24)17-22-9-7-8-18(22)3;/h5,10-13,19,22H,1-3,7-9,14-17H2,4H3;1H. The van der Waals surface area contributed by atoms with E-state index >= 15 is 0 Å². The van der Waals surface area contributed by atoms with Crippen molar-refractivity contribution >= 4 is 0 Å². The summed E-state index contributed by atoms with van der Waals surface area (Å²) in [6.07, 6.45) is 10.9. The van der Waals surface area contributed by atoms with Gasteiger partial charge in [-0.2, -0.15) is 0 Å². The van der Waals surface area contributed by atoms with Crippen LogP contribution in [0.1, 0.15) is 58.0 Å². The molecule has 2 fully saturated rings. The molecule has 2 aliphatic rings. The van der Waals surface area contributed by atoms with Crippen molar-refractivity contribution in [3.05, 3.63) is 78.1 Å². The summed E-state index contributed by atoms with van der Waals surface area (Å²) in [5.41, 5.74) is 9.00. The molecule has 2 unspecified atom stereocenters. The largest absolute Gasteiger partial charge is 0.125 e. The van der Waals surface area contributed by atoms with Gasteiger partial charge in [0.05, 0.1) is 0 Å². The SMILES string of the molecule is C=C=C(C=C)C(C)Cc1ccc(C2(CC3CCCC3=C)CC2)cc1.[HH]. The molecule has 0 amide bonds. The lowest BCUT2D eigenvalue weighted by atomic mass is 9.83. The highest BCUT2D eigenvalue weighted by Crippen LogP contribution is 2.55. The first-order valence-corrected chi connectivity index (χ1v) is 9.37. The van der Waals surface area contributed by atoms with Crippen molar-refractivity contribution in [1.82, 2.24) is 0 Å². The third-order valence-corrected chi connectivity index (χ3v) is 6.18. The Hall–Kier alpha value is -1.78. The predicted octanol–water partition coefficient (Wildman–Crippen LogP) is 6.79. The van der Waals surface area contributed by atoms with Crippen LogP contribution < -0.4 is 0 Å². The normalized spacial score (nSPS) is 22.7. The fourth-order valence-electron chi connectivity index (χ4n) is 4.37. The van der Waals surface area contributed by atoms with Gasteiger partial charge in [0, 0.05) is 1.43 Å². The van der Waals surface area contributed by atoms with Gasteiger partial charge in [-0.25, -0.2) is 0 Å². The smallest absolute Gasteiger partial charge is 0 e. The van der Waals surface area contributed by atoms with E-state index in [0.717, 1.165) is 17.9 Å². The number of rotatable bonds is 7. The van der Waals surface area contributed by atoms with Crippen LogP contribution in [0.5, 0.6) is 0 Å². The minimum absolute atomic E-state index is 0. The van der Waals surface area contributed by atoms with Gasteiger partial charge in [0.15, 0.2) is 0 Å². The fraction of sp³-hybridized carbons (Fsp3) is 0.458. The third-order valence-electron chi connectivity index (χ3n) is 6.18. The molecule has 0 heterocycles. The summed E-state index contributed by atoms with van der Waals surface area (Å²) in [6.45, 7) is 14.1. The third kappa shape index (κ3) is 3.50. The number of allylic oxidation sites excluding steroid dienone is 3. The molecule has 0 heteroatoms. The highest BCUT2D eigenvalue weighted by atomic mass is 14.5. The summed E-state index contributed by atoms with van der Waals surface area (Å²) in [5, 5.41) is 0. The molecule has 2 saturated carbocycles. The van der Waals surface area contributed by atoms with Crippen LogP contribution in [0, 0.1) is 11.8 Å². The van der Waals surface area contributed by atoms with Gasteiger partial charge >= 0.3 is 0 Å². The molecule has 24 heavy (non-hydrogen) atoms. The van der Waals surface area contributed by atoms with E-state index in [9.17, 15) is 0 Å². The molecule has 0 N–H and O–H groups in total. The second kappa shape index (κ2) is 6.99. The lowest BCUT2D eigenvalue weighted by Crippen LogP contribution is -2.13. The van der Waals surface area contributed by atoms with Gasteiger partial charge in [0.1, 0.15) is 0 Å². The zero-order chi connectivity index (χ0) is 17.2. The molecule has 1 aromatic carbocycles. The second-order valence-corrected chi connectivity index (χ2v) is 7.87. The topological polar surface area (TPSA) is 0 Å². The highest BCUT2D eigenvalue weighted by Gasteiger charge is 2.46. The van der Waals surface area contributed by atoms with Gasteiger partial charge in [0.2, 0.25) is 0 Å². The van der Waals surface area contributed by atoms with Crippen molar-refractivity contribution in [1.29, 1.82) is 0 Å². The zero-order valence-corrected chi connectivity index (χ0v) is 15.1. The van der Waals surface area contributed by atoms with Gasteiger partial charge in [-0.15, -0.1) is 5.73 Å². The van der Waals surface area contributed by atoms with E-state index in [1.807, 2.05) is 6.08 Å². The average Bonchev–Trinajstić information content (AvgIpc) is 3.26. The molecule has 0 aromatic heterocycles. The van der Waals surface area contributed by atoms with Crippen LogP contribution in [0.15, 0.2) is 67.0 Å². The molecule has 0 nitrogen and oxygen atoms in total. The number of benzene rings is 1. The van der Waals surface area contributed by atoms with Crippen molar-refractivity contribution in [3.8, 4) is 0 Å². The van der Waals surface area contributed by atoms with E-state index < -0.39 is 0 Å². The molecule has 3 rings (SSSR count). The maximum atomic E-state index is 4.30. The van der Waals surface area contributed by atoms with Gasteiger partial charge in [-0.1, -0.05) is 62.6 Å². The molecule has 0 aliphatic heterocycles. The van der Waals surface area contributed by atoms with Gasteiger partial charge in [0.25, 0.3) is 0 Å². The predicted molar refractivity (Wildman–Crippen MR) is 106 cm³/mol. The highest BCUT2D eigenvalue weighted by molar-refractivity contribution is 5.35. The van der Waals surface area contributed by atoms with E-state index in [2.05, 4.69) is 56.7 Å². The molecule has 0 radical (unpaired) electrons. The van der Waals surface area contributed by atoms with Crippen LogP contribution in [0.4, 0.5) is 0 Å². The van der Waals surface area contributed by atoms with Gasteiger partial charge < -0.3 is 0 Å². The first-order chi connectivity index (χ1) is 11.6. The zero-order valence-electron chi connectivity index (χ0n) is 15.1. The lowest BCUT2D eigenvalue weighted by Gasteiger charge is -2.21. The number of hydrogen-bond donors (Lipinski definition) is 0. The van der Waals surface area contributed by atoms with Crippen LogP contribution in [0.2, 0.25) is 0 Å². The Balaban J connectivity index is 0.00000225. The molecule has 0 spiro atoms. The lowest BCUT2D eigenvalue weighted by molar-refractivity contribution is 0.482. The second-order valence-electron chi connectivity index (χ2n) is 7.87. The Morgan fingerprint density at radius 2 is 2.08 bits per heavy atom. The molecule has 128 valence electrons. The summed E-state index contributed by atoms with van der Waals surface area (Å²) in [7, 11) is 0. The molecule has 0 saturated heterocycles. The molecular formula is C24H32. The summed E-state index contributed by atoms with van der Waals surface area (Å²) >= 11 is 0. The minimum atomic E-state index is 0. The summed E-state index contributed by atoms with van der Waals surface area (Å²) in [5.74, 6) is 1.18. The van der Waals surface area contributed by atoms with Crippen LogP contribution in [0.25, 0.3) is 0 Å². The van der Waals surface area contributed by atoms with Crippen molar-refractivity contribution in [2.45, 2.75) is 57.3 Å². The molecule has 0 bridgehead atoms. The molecule has 1 aromatic rings. The fourth-order valence-corrected chi connectivity index (χ4v) is 4.37. The Kier molecular flexibility index (Phi) is 4.97. The first kappa shape index (κ1) is 17.1. The Morgan fingerprint density at radius 3 is 2.58 bits per heavy atom. The van der Waals surface area contributed by atoms with E-state index in [1.54, 1.807) is 5.56 Å². The Morgan fingerprint density at radius 1 is 1.38 bits per heavy atom. The summed E-state index contributed by atoms with van der Waals surface area (Å²) in [4.78, 5) is 0. The monoisotopic (exact) mass is 320 g/mol.